The molecule has 0 aromatic heterocycles. The molecule has 1 aromatic carbocycles. The maximum absolute atomic E-state index is 13.5. The first-order valence-electron chi connectivity index (χ1n) is 8.55. The second-order valence-electron chi connectivity index (χ2n) is 7.05. The predicted octanol–water partition coefficient (Wildman–Crippen LogP) is 1.67. The van der Waals surface area contributed by atoms with E-state index in [1.165, 1.54) is 11.0 Å². The third-order valence-corrected chi connectivity index (χ3v) is 5.62. The van der Waals surface area contributed by atoms with Crippen LogP contribution in [0.3, 0.4) is 0 Å². The van der Waals surface area contributed by atoms with Crippen molar-refractivity contribution in [3.8, 4) is 0 Å². The number of likely N-dealkylation sites (tertiary alicyclic amines) is 1. The van der Waals surface area contributed by atoms with E-state index in [0.29, 0.717) is 5.56 Å². The van der Waals surface area contributed by atoms with Crippen LogP contribution in [0.15, 0.2) is 30.4 Å². The van der Waals surface area contributed by atoms with Gasteiger partial charge in [0.2, 0.25) is 11.8 Å². The highest BCUT2D eigenvalue weighted by Crippen LogP contribution is 2.52. The third-order valence-electron chi connectivity index (χ3n) is 5.62. The van der Waals surface area contributed by atoms with E-state index in [1.54, 1.807) is 19.1 Å². The topological polar surface area (TPSA) is 66.5 Å². The molecule has 3 amide bonds. The standard InChI is InChI=1S/C19H19FN2O3/c1-10-2-3-13(9-14(10)20)17(23)21-6-7-22-18(24)15-11-4-5-12(8-11)16(15)19(22)25/h2-5,9,11-12,15-16H,6-8H2,1H3,(H,21,23)/t11-,12-,15-,16+/m0/s1. The summed E-state index contributed by atoms with van der Waals surface area (Å²) in [5.74, 6) is -1.17. The molecule has 4 atom stereocenters. The minimum absolute atomic E-state index is 0.123. The number of aryl methyl sites for hydroxylation is 1. The molecule has 1 saturated heterocycles. The third kappa shape index (κ3) is 2.47. The Morgan fingerprint density at radius 3 is 2.44 bits per heavy atom. The second-order valence-corrected chi connectivity index (χ2v) is 7.05. The van der Waals surface area contributed by atoms with E-state index in [4.69, 9.17) is 0 Å². The van der Waals surface area contributed by atoms with Gasteiger partial charge in [0.1, 0.15) is 5.82 Å². The highest BCUT2D eigenvalue weighted by atomic mass is 19.1. The van der Waals surface area contributed by atoms with Crippen LogP contribution in [0.4, 0.5) is 4.39 Å². The van der Waals surface area contributed by atoms with Gasteiger partial charge in [0.05, 0.1) is 11.8 Å². The number of nitrogens with one attached hydrogen (secondary N) is 1. The summed E-state index contributed by atoms with van der Waals surface area (Å²) in [6.07, 6.45) is 5.00. The van der Waals surface area contributed by atoms with E-state index in [9.17, 15) is 18.8 Å². The molecule has 1 aromatic rings. The summed E-state index contributed by atoms with van der Waals surface area (Å²) in [5, 5.41) is 2.65. The first-order valence-corrected chi connectivity index (χ1v) is 8.55. The smallest absolute Gasteiger partial charge is 0.251 e. The van der Waals surface area contributed by atoms with E-state index < -0.39 is 11.7 Å². The predicted molar refractivity (Wildman–Crippen MR) is 87.9 cm³/mol. The summed E-state index contributed by atoms with van der Waals surface area (Å²) in [7, 11) is 0. The number of halogens is 1. The fourth-order valence-corrected chi connectivity index (χ4v) is 4.30. The van der Waals surface area contributed by atoms with Crippen molar-refractivity contribution in [1.82, 2.24) is 10.2 Å². The van der Waals surface area contributed by atoms with E-state index in [-0.39, 0.29) is 54.1 Å². The van der Waals surface area contributed by atoms with E-state index >= 15 is 0 Å². The van der Waals surface area contributed by atoms with E-state index in [0.717, 1.165) is 6.42 Å². The minimum atomic E-state index is -0.437. The maximum atomic E-state index is 13.5. The van der Waals surface area contributed by atoms with Crippen molar-refractivity contribution in [3.63, 3.8) is 0 Å². The monoisotopic (exact) mass is 342 g/mol. The molecular formula is C19H19FN2O3. The summed E-state index contributed by atoms with van der Waals surface area (Å²) >= 11 is 0. The quantitative estimate of drug-likeness (QED) is 0.669. The first kappa shape index (κ1) is 16.0. The molecule has 3 aliphatic rings. The number of allylic oxidation sites excluding steroid dienone is 2. The Hall–Kier alpha value is -2.50. The van der Waals surface area contributed by atoms with Crippen molar-refractivity contribution >= 4 is 17.7 Å². The van der Waals surface area contributed by atoms with Crippen molar-refractivity contribution in [2.45, 2.75) is 13.3 Å². The molecule has 4 rings (SSSR count). The Morgan fingerprint density at radius 2 is 1.84 bits per heavy atom. The minimum Gasteiger partial charge on any atom is -0.350 e. The molecule has 2 fully saturated rings. The molecule has 1 saturated carbocycles. The van der Waals surface area contributed by atoms with Gasteiger partial charge in [-0.1, -0.05) is 18.2 Å². The Labute approximate surface area is 144 Å². The number of imide groups is 1. The van der Waals surface area contributed by atoms with Crippen LogP contribution in [-0.4, -0.2) is 35.7 Å². The van der Waals surface area contributed by atoms with Gasteiger partial charge >= 0.3 is 0 Å². The highest BCUT2D eigenvalue weighted by Gasteiger charge is 2.58. The Kier molecular flexibility index (Phi) is 3.71. The van der Waals surface area contributed by atoms with Crippen molar-refractivity contribution in [1.29, 1.82) is 0 Å². The molecule has 0 unspecified atom stereocenters. The number of amides is 3. The lowest BCUT2D eigenvalue weighted by atomic mass is 9.85. The SMILES string of the molecule is Cc1ccc(C(=O)NCCN2C(=O)[C@@H]3[C@H](C2=O)[C@H]2C=C[C@H]3C2)cc1F. The summed E-state index contributed by atoms with van der Waals surface area (Å²) in [6.45, 7) is 1.94. The number of carbonyl (C=O) groups excluding carboxylic acids is 3. The van der Waals surface area contributed by atoms with Crippen molar-refractivity contribution in [2.24, 2.45) is 23.7 Å². The average Bonchev–Trinajstić information content (AvgIpc) is 3.26. The second kappa shape index (κ2) is 5.79. The fourth-order valence-electron chi connectivity index (χ4n) is 4.30. The van der Waals surface area contributed by atoms with Gasteiger partial charge in [-0.15, -0.1) is 0 Å². The summed E-state index contributed by atoms with van der Waals surface area (Å²) in [5.41, 5.74) is 0.695. The number of rotatable bonds is 4. The van der Waals surface area contributed by atoms with Gasteiger partial charge in [-0.2, -0.15) is 0 Å². The molecule has 6 heteroatoms. The highest BCUT2D eigenvalue weighted by molar-refractivity contribution is 6.06. The number of hydrogen-bond donors (Lipinski definition) is 1. The molecule has 1 N–H and O–H groups in total. The molecule has 25 heavy (non-hydrogen) atoms. The zero-order valence-electron chi connectivity index (χ0n) is 13.9. The Bertz CT molecular complexity index is 774. The van der Waals surface area contributed by atoms with Gasteiger partial charge in [-0.25, -0.2) is 4.39 Å². The first-order chi connectivity index (χ1) is 12.0. The summed E-state index contributed by atoms with van der Waals surface area (Å²) in [6, 6.07) is 4.28. The number of carbonyl (C=O) groups is 3. The molecule has 5 nitrogen and oxygen atoms in total. The van der Waals surface area contributed by atoms with Crippen molar-refractivity contribution < 1.29 is 18.8 Å². The van der Waals surface area contributed by atoms with Crippen LogP contribution in [0, 0.1) is 36.4 Å². The van der Waals surface area contributed by atoms with Gasteiger partial charge in [0.15, 0.2) is 0 Å². The number of benzene rings is 1. The molecule has 1 heterocycles. The van der Waals surface area contributed by atoms with Crippen LogP contribution >= 0.6 is 0 Å². The Balaban J connectivity index is 1.36. The number of fused-ring (bicyclic) bond motifs is 5. The van der Waals surface area contributed by atoms with Gasteiger partial charge < -0.3 is 5.32 Å². The lowest BCUT2D eigenvalue weighted by Gasteiger charge is -2.17. The zero-order valence-corrected chi connectivity index (χ0v) is 13.9. The molecular weight excluding hydrogens is 323 g/mol. The Morgan fingerprint density at radius 1 is 1.20 bits per heavy atom. The largest absolute Gasteiger partial charge is 0.350 e. The van der Waals surface area contributed by atoms with E-state index in [1.807, 2.05) is 12.2 Å². The van der Waals surface area contributed by atoms with Gasteiger partial charge in [-0.3, -0.25) is 19.3 Å². The van der Waals surface area contributed by atoms with Crippen LogP contribution in [-0.2, 0) is 9.59 Å². The molecule has 0 spiro atoms. The molecule has 1 aliphatic heterocycles. The normalized spacial score (nSPS) is 29.4. The fraction of sp³-hybridized carbons (Fsp3) is 0.421. The average molecular weight is 342 g/mol. The molecule has 130 valence electrons. The summed E-state index contributed by atoms with van der Waals surface area (Å²) in [4.78, 5) is 38.4. The summed E-state index contributed by atoms with van der Waals surface area (Å²) < 4.78 is 13.5. The van der Waals surface area contributed by atoms with Crippen LogP contribution in [0.5, 0.6) is 0 Å². The van der Waals surface area contributed by atoms with Crippen LogP contribution in [0.25, 0.3) is 0 Å². The van der Waals surface area contributed by atoms with Crippen molar-refractivity contribution in [2.75, 3.05) is 13.1 Å². The van der Waals surface area contributed by atoms with Crippen LogP contribution in [0.1, 0.15) is 22.3 Å². The van der Waals surface area contributed by atoms with E-state index in [2.05, 4.69) is 5.32 Å². The van der Waals surface area contributed by atoms with Gasteiger partial charge in [0, 0.05) is 18.7 Å². The maximum Gasteiger partial charge on any atom is 0.251 e. The van der Waals surface area contributed by atoms with Crippen LogP contribution in [0.2, 0.25) is 0 Å². The van der Waals surface area contributed by atoms with Crippen molar-refractivity contribution in [3.05, 3.63) is 47.3 Å². The number of hydrogen-bond acceptors (Lipinski definition) is 3. The zero-order chi connectivity index (χ0) is 17.7. The molecule has 2 bridgehead atoms. The lowest BCUT2D eigenvalue weighted by molar-refractivity contribution is -0.140. The lowest BCUT2D eigenvalue weighted by Crippen LogP contribution is -2.39. The van der Waals surface area contributed by atoms with Gasteiger partial charge in [0.25, 0.3) is 5.91 Å². The van der Waals surface area contributed by atoms with Gasteiger partial charge in [-0.05, 0) is 42.9 Å². The van der Waals surface area contributed by atoms with Crippen LogP contribution < -0.4 is 5.32 Å². The molecule has 2 aliphatic carbocycles. The number of nitrogens with zero attached hydrogens (tertiary/aromatic N) is 1. The molecule has 0 radical (unpaired) electrons.